The van der Waals surface area contributed by atoms with Crippen LogP contribution in [0.2, 0.25) is 0 Å². The summed E-state index contributed by atoms with van der Waals surface area (Å²) in [5, 5.41) is 6.65. The number of carbonyl (C=O) groups excluding carboxylic acids is 1. The minimum absolute atomic E-state index is 0.102. The standard InChI is InChI=1S/C16H13FN4O2/c1-9-4-3-7-18-15(9)19-16(23)13-14(22)11-8-10(17)5-6-12(11)21(2)20-13/h3-8H,1-2H3,(H,18,19,23). The number of nitrogens with zero attached hydrogens (tertiary/aromatic N) is 3. The number of halogens is 1. The van der Waals surface area contributed by atoms with Gasteiger partial charge in [0.1, 0.15) is 11.6 Å². The Bertz CT molecular complexity index is 981. The Labute approximate surface area is 130 Å². The van der Waals surface area contributed by atoms with E-state index in [1.165, 1.54) is 23.0 Å². The highest BCUT2D eigenvalue weighted by Gasteiger charge is 2.18. The molecule has 1 N–H and O–H groups in total. The predicted molar refractivity (Wildman–Crippen MR) is 83.9 cm³/mol. The second kappa shape index (κ2) is 5.60. The zero-order chi connectivity index (χ0) is 16.6. The van der Waals surface area contributed by atoms with Crippen LogP contribution >= 0.6 is 0 Å². The third-order valence-corrected chi connectivity index (χ3v) is 3.47. The molecule has 0 bridgehead atoms. The van der Waals surface area contributed by atoms with Gasteiger partial charge in [0, 0.05) is 13.2 Å². The zero-order valence-electron chi connectivity index (χ0n) is 12.5. The number of pyridine rings is 1. The number of hydrogen-bond acceptors (Lipinski definition) is 4. The highest BCUT2D eigenvalue weighted by molar-refractivity contribution is 6.04. The molecule has 7 heteroatoms. The summed E-state index contributed by atoms with van der Waals surface area (Å²) in [5.74, 6) is -0.882. The van der Waals surface area contributed by atoms with Crippen molar-refractivity contribution in [2.75, 3.05) is 5.32 Å². The number of hydrogen-bond donors (Lipinski definition) is 1. The molecule has 1 aromatic carbocycles. The summed E-state index contributed by atoms with van der Waals surface area (Å²) in [5.41, 5.74) is 0.269. The summed E-state index contributed by atoms with van der Waals surface area (Å²) in [6.45, 7) is 1.78. The Morgan fingerprint density at radius 3 is 2.83 bits per heavy atom. The molecule has 1 amide bonds. The fourth-order valence-electron chi connectivity index (χ4n) is 2.28. The van der Waals surface area contributed by atoms with E-state index in [2.05, 4.69) is 15.4 Å². The maximum absolute atomic E-state index is 13.4. The van der Waals surface area contributed by atoms with E-state index >= 15 is 0 Å². The van der Waals surface area contributed by atoms with Gasteiger partial charge in [-0.25, -0.2) is 9.37 Å². The van der Waals surface area contributed by atoms with Crippen LogP contribution in [0, 0.1) is 12.7 Å². The maximum atomic E-state index is 13.4. The van der Waals surface area contributed by atoms with Crippen LogP contribution in [0.15, 0.2) is 41.3 Å². The Morgan fingerprint density at radius 2 is 2.09 bits per heavy atom. The average molecular weight is 312 g/mol. The molecule has 2 aromatic heterocycles. The zero-order valence-corrected chi connectivity index (χ0v) is 12.5. The molecule has 23 heavy (non-hydrogen) atoms. The number of benzene rings is 1. The summed E-state index contributed by atoms with van der Waals surface area (Å²) in [6.07, 6.45) is 1.53. The quantitative estimate of drug-likeness (QED) is 0.785. The largest absolute Gasteiger partial charge is 0.305 e. The van der Waals surface area contributed by atoms with Crippen molar-refractivity contribution in [1.29, 1.82) is 0 Å². The van der Waals surface area contributed by atoms with Crippen LogP contribution in [0.3, 0.4) is 0 Å². The lowest BCUT2D eigenvalue weighted by molar-refractivity contribution is 0.101. The van der Waals surface area contributed by atoms with Crippen molar-refractivity contribution in [1.82, 2.24) is 14.8 Å². The summed E-state index contributed by atoms with van der Waals surface area (Å²) in [4.78, 5) is 28.8. The molecule has 0 aliphatic rings. The lowest BCUT2D eigenvalue weighted by Crippen LogP contribution is -2.27. The topological polar surface area (TPSA) is 76.9 Å². The Morgan fingerprint density at radius 1 is 1.30 bits per heavy atom. The molecule has 0 spiro atoms. The fourth-order valence-corrected chi connectivity index (χ4v) is 2.28. The number of aromatic nitrogens is 3. The van der Waals surface area contributed by atoms with E-state index in [0.29, 0.717) is 11.3 Å². The first-order chi connectivity index (χ1) is 11.0. The normalized spacial score (nSPS) is 10.7. The van der Waals surface area contributed by atoms with Gasteiger partial charge in [0.2, 0.25) is 5.43 Å². The number of carbonyl (C=O) groups is 1. The minimum atomic E-state index is -0.682. The molecule has 0 saturated carbocycles. The van der Waals surface area contributed by atoms with Crippen LogP contribution in [-0.2, 0) is 7.05 Å². The second-order valence-corrected chi connectivity index (χ2v) is 5.09. The van der Waals surface area contributed by atoms with Gasteiger partial charge in [0.05, 0.1) is 10.9 Å². The number of rotatable bonds is 2. The second-order valence-electron chi connectivity index (χ2n) is 5.09. The van der Waals surface area contributed by atoms with E-state index in [-0.39, 0.29) is 11.1 Å². The smallest absolute Gasteiger partial charge is 0.281 e. The number of aryl methyl sites for hydroxylation is 2. The molecule has 0 unspecified atom stereocenters. The van der Waals surface area contributed by atoms with Gasteiger partial charge < -0.3 is 5.32 Å². The summed E-state index contributed by atoms with van der Waals surface area (Å²) in [6, 6.07) is 7.30. The monoisotopic (exact) mass is 312 g/mol. The van der Waals surface area contributed by atoms with Crippen molar-refractivity contribution >= 4 is 22.6 Å². The van der Waals surface area contributed by atoms with Crippen molar-refractivity contribution in [2.45, 2.75) is 6.92 Å². The van der Waals surface area contributed by atoms with E-state index in [4.69, 9.17) is 0 Å². The SMILES string of the molecule is Cc1cccnc1NC(=O)c1nn(C)c2ccc(F)cc2c1=O. The molecule has 0 radical (unpaired) electrons. The fraction of sp³-hybridized carbons (Fsp3) is 0.125. The van der Waals surface area contributed by atoms with Gasteiger partial charge in [-0.05, 0) is 36.8 Å². The van der Waals surface area contributed by atoms with Gasteiger partial charge in [0.15, 0.2) is 5.69 Å². The van der Waals surface area contributed by atoms with E-state index in [1.54, 1.807) is 26.1 Å². The van der Waals surface area contributed by atoms with E-state index in [0.717, 1.165) is 11.6 Å². The number of amides is 1. The molecule has 6 nitrogen and oxygen atoms in total. The van der Waals surface area contributed by atoms with Gasteiger partial charge in [-0.3, -0.25) is 14.3 Å². The first-order valence-corrected chi connectivity index (χ1v) is 6.87. The molecule has 116 valence electrons. The third-order valence-electron chi connectivity index (χ3n) is 3.47. The first-order valence-electron chi connectivity index (χ1n) is 6.87. The van der Waals surface area contributed by atoms with Gasteiger partial charge in [0.25, 0.3) is 5.91 Å². The predicted octanol–water partition coefficient (Wildman–Crippen LogP) is 2.03. The molecule has 0 aliphatic heterocycles. The minimum Gasteiger partial charge on any atom is -0.305 e. The molecule has 0 atom stereocenters. The summed E-state index contributed by atoms with van der Waals surface area (Å²) >= 11 is 0. The molecule has 0 saturated heterocycles. The summed E-state index contributed by atoms with van der Waals surface area (Å²) in [7, 11) is 1.59. The van der Waals surface area contributed by atoms with Crippen LogP contribution in [0.4, 0.5) is 10.2 Å². The molecular weight excluding hydrogens is 299 g/mol. The van der Waals surface area contributed by atoms with Crippen molar-refractivity contribution in [3.63, 3.8) is 0 Å². The Kier molecular flexibility index (Phi) is 3.61. The molecule has 0 fully saturated rings. The van der Waals surface area contributed by atoms with Gasteiger partial charge in [-0.1, -0.05) is 6.07 Å². The molecule has 0 aliphatic carbocycles. The van der Waals surface area contributed by atoms with Crippen LogP contribution in [0.5, 0.6) is 0 Å². The van der Waals surface area contributed by atoms with Crippen LogP contribution < -0.4 is 10.7 Å². The van der Waals surface area contributed by atoms with Crippen molar-refractivity contribution < 1.29 is 9.18 Å². The van der Waals surface area contributed by atoms with Crippen LogP contribution in [0.25, 0.3) is 10.9 Å². The Balaban J connectivity index is 2.09. The molecular formula is C16H13FN4O2. The van der Waals surface area contributed by atoms with Crippen molar-refractivity contribution in [2.24, 2.45) is 7.05 Å². The van der Waals surface area contributed by atoms with Gasteiger partial charge in [-0.2, -0.15) is 5.10 Å². The van der Waals surface area contributed by atoms with Gasteiger partial charge in [-0.15, -0.1) is 0 Å². The van der Waals surface area contributed by atoms with Crippen molar-refractivity contribution in [3.8, 4) is 0 Å². The summed E-state index contributed by atoms with van der Waals surface area (Å²) < 4.78 is 14.8. The first kappa shape index (κ1) is 14.8. The van der Waals surface area contributed by atoms with E-state index < -0.39 is 17.2 Å². The Hall–Kier alpha value is -3.09. The van der Waals surface area contributed by atoms with Crippen molar-refractivity contribution in [3.05, 3.63) is 63.8 Å². The highest BCUT2D eigenvalue weighted by atomic mass is 19.1. The van der Waals surface area contributed by atoms with Crippen LogP contribution in [0.1, 0.15) is 16.1 Å². The lowest BCUT2D eigenvalue weighted by atomic mass is 10.2. The number of fused-ring (bicyclic) bond motifs is 1. The molecule has 2 heterocycles. The lowest BCUT2D eigenvalue weighted by Gasteiger charge is -2.09. The maximum Gasteiger partial charge on any atom is 0.281 e. The molecule has 3 rings (SSSR count). The highest BCUT2D eigenvalue weighted by Crippen LogP contribution is 2.13. The van der Waals surface area contributed by atoms with Crippen LogP contribution in [-0.4, -0.2) is 20.7 Å². The third kappa shape index (κ3) is 2.68. The average Bonchev–Trinajstić information content (AvgIpc) is 2.53. The number of anilines is 1. The molecule has 3 aromatic rings. The van der Waals surface area contributed by atoms with E-state index in [9.17, 15) is 14.0 Å². The van der Waals surface area contributed by atoms with E-state index in [1.807, 2.05) is 0 Å². The van der Waals surface area contributed by atoms with Gasteiger partial charge >= 0.3 is 0 Å². The number of nitrogens with one attached hydrogen (secondary N) is 1.